The van der Waals surface area contributed by atoms with E-state index in [0.717, 1.165) is 36.1 Å². The number of rotatable bonds is 3. The third kappa shape index (κ3) is 3.55. The van der Waals surface area contributed by atoms with Crippen molar-refractivity contribution in [3.63, 3.8) is 0 Å². The summed E-state index contributed by atoms with van der Waals surface area (Å²) in [4.78, 5) is 25.6. The van der Waals surface area contributed by atoms with Gasteiger partial charge in [0.2, 0.25) is 0 Å². The fraction of sp³-hybridized carbons (Fsp3) is 0.294. The minimum Gasteiger partial charge on any atom is -0.465 e. The van der Waals surface area contributed by atoms with E-state index >= 15 is 0 Å². The lowest BCUT2D eigenvalue weighted by Crippen LogP contribution is -2.20. The molecule has 1 aliphatic carbocycles. The number of anilines is 2. The van der Waals surface area contributed by atoms with E-state index in [1.807, 2.05) is 0 Å². The number of amides is 2. The van der Waals surface area contributed by atoms with Crippen molar-refractivity contribution >= 4 is 45.6 Å². The molecule has 0 bridgehead atoms. The zero-order chi connectivity index (χ0) is 17.1. The molecule has 0 spiro atoms. The summed E-state index contributed by atoms with van der Waals surface area (Å²) in [6.07, 6.45) is 3.92. The second-order valence-electron chi connectivity index (χ2n) is 5.50. The molecule has 3 rings (SSSR count). The van der Waals surface area contributed by atoms with Crippen molar-refractivity contribution in [2.45, 2.75) is 25.7 Å². The van der Waals surface area contributed by atoms with Gasteiger partial charge in [-0.25, -0.2) is 9.59 Å². The Labute approximate surface area is 149 Å². The second-order valence-corrected chi connectivity index (χ2v) is 7.04. The highest BCUT2D eigenvalue weighted by Gasteiger charge is 2.26. The molecule has 0 aliphatic heterocycles. The molecular weight excluding hydrogens is 348 g/mol. The van der Waals surface area contributed by atoms with E-state index in [2.05, 4.69) is 10.6 Å². The van der Waals surface area contributed by atoms with Crippen LogP contribution in [0.1, 0.15) is 33.6 Å². The van der Waals surface area contributed by atoms with Gasteiger partial charge >= 0.3 is 12.0 Å². The van der Waals surface area contributed by atoms with Crippen molar-refractivity contribution in [2.75, 3.05) is 17.7 Å². The Morgan fingerprint density at radius 2 is 2.00 bits per heavy atom. The summed E-state index contributed by atoms with van der Waals surface area (Å²) in [5.41, 5.74) is 2.08. The summed E-state index contributed by atoms with van der Waals surface area (Å²) in [7, 11) is 1.35. The zero-order valence-corrected chi connectivity index (χ0v) is 14.7. The third-order valence-corrected chi connectivity index (χ3v) is 5.31. The van der Waals surface area contributed by atoms with Gasteiger partial charge in [0.25, 0.3) is 0 Å². The Kier molecular flexibility index (Phi) is 5.06. The third-order valence-electron chi connectivity index (χ3n) is 3.87. The average molecular weight is 365 g/mol. The predicted octanol–water partition coefficient (Wildman–Crippen LogP) is 4.71. The van der Waals surface area contributed by atoms with Gasteiger partial charge in [-0.05, 0) is 49.4 Å². The Bertz CT molecular complexity index is 788. The van der Waals surface area contributed by atoms with Crippen LogP contribution in [0.4, 0.5) is 15.5 Å². The van der Waals surface area contributed by atoms with E-state index in [4.69, 9.17) is 16.3 Å². The molecule has 126 valence electrons. The van der Waals surface area contributed by atoms with Crippen molar-refractivity contribution in [1.82, 2.24) is 0 Å². The zero-order valence-electron chi connectivity index (χ0n) is 13.1. The number of fused-ring (bicyclic) bond motifs is 1. The molecule has 5 nitrogen and oxygen atoms in total. The quantitative estimate of drug-likeness (QED) is 0.775. The molecule has 0 unspecified atom stereocenters. The van der Waals surface area contributed by atoms with E-state index in [-0.39, 0.29) is 0 Å². The predicted molar refractivity (Wildman–Crippen MR) is 96.4 cm³/mol. The Morgan fingerprint density at radius 1 is 1.21 bits per heavy atom. The number of carbonyl (C=O) groups is 2. The van der Waals surface area contributed by atoms with Gasteiger partial charge in [0, 0.05) is 15.6 Å². The maximum Gasteiger partial charge on any atom is 0.341 e. The van der Waals surface area contributed by atoms with E-state index < -0.39 is 12.0 Å². The van der Waals surface area contributed by atoms with Crippen LogP contribution in [0, 0.1) is 0 Å². The molecule has 2 amide bonds. The molecule has 1 heterocycles. The van der Waals surface area contributed by atoms with Crippen LogP contribution in [0.5, 0.6) is 0 Å². The minimum absolute atomic E-state index is 0.410. The Balaban J connectivity index is 1.82. The topological polar surface area (TPSA) is 67.4 Å². The first kappa shape index (κ1) is 16.8. The number of hydrogen-bond donors (Lipinski definition) is 2. The van der Waals surface area contributed by atoms with Gasteiger partial charge < -0.3 is 10.1 Å². The summed E-state index contributed by atoms with van der Waals surface area (Å²) < 4.78 is 4.90. The monoisotopic (exact) mass is 364 g/mol. The van der Waals surface area contributed by atoms with E-state index in [9.17, 15) is 9.59 Å². The van der Waals surface area contributed by atoms with Crippen molar-refractivity contribution in [2.24, 2.45) is 0 Å². The van der Waals surface area contributed by atoms with Gasteiger partial charge in [-0.15, -0.1) is 11.3 Å². The molecule has 24 heavy (non-hydrogen) atoms. The second kappa shape index (κ2) is 7.23. The molecule has 2 aromatic rings. The fourth-order valence-corrected chi connectivity index (χ4v) is 4.27. The van der Waals surface area contributed by atoms with E-state index in [0.29, 0.717) is 21.3 Å². The fourth-order valence-electron chi connectivity index (χ4n) is 2.80. The van der Waals surface area contributed by atoms with Gasteiger partial charge in [-0.1, -0.05) is 17.7 Å². The number of aryl methyl sites for hydroxylation is 1. The Morgan fingerprint density at radius 3 is 2.75 bits per heavy atom. The number of esters is 1. The summed E-state index contributed by atoms with van der Waals surface area (Å²) in [5.74, 6) is -0.410. The summed E-state index contributed by atoms with van der Waals surface area (Å²) >= 11 is 7.36. The smallest absolute Gasteiger partial charge is 0.341 e. The van der Waals surface area contributed by atoms with Crippen molar-refractivity contribution < 1.29 is 14.3 Å². The molecule has 0 saturated carbocycles. The standard InChI is InChI=1S/C17H17ClN2O3S/c1-23-16(21)14-12-7-2-3-8-13(12)24-15(14)20-17(22)19-11-6-4-5-10(18)9-11/h4-6,9H,2-3,7-8H2,1H3,(H2,19,20,22). The first-order valence-corrected chi connectivity index (χ1v) is 8.84. The number of methoxy groups -OCH3 is 1. The molecular formula is C17H17ClN2O3S. The molecule has 7 heteroatoms. The molecule has 0 atom stereocenters. The van der Waals surface area contributed by atoms with Crippen LogP contribution < -0.4 is 10.6 Å². The number of nitrogens with one attached hydrogen (secondary N) is 2. The van der Waals surface area contributed by atoms with Crippen molar-refractivity contribution in [3.05, 3.63) is 45.3 Å². The molecule has 0 saturated heterocycles. The van der Waals surface area contributed by atoms with E-state index in [1.54, 1.807) is 24.3 Å². The molecule has 1 aromatic heterocycles. The number of thiophene rings is 1. The highest BCUT2D eigenvalue weighted by Crippen LogP contribution is 2.38. The summed E-state index contributed by atoms with van der Waals surface area (Å²) in [5, 5.41) is 6.56. The van der Waals surface area contributed by atoms with Gasteiger partial charge in [-0.3, -0.25) is 5.32 Å². The first-order valence-electron chi connectivity index (χ1n) is 7.65. The number of carbonyl (C=O) groups excluding carboxylic acids is 2. The lowest BCUT2D eigenvalue weighted by molar-refractivity contribution is 0.0601. The maximum atomic E-state index is 12.3. The molecule has 0 fully saturated rings. The largest absolute Gasteiger partial charge is 0.465 e. The number of urea groups is 1. The number of ether oxygens (including phenoxy) is 1. The molecule has 2 N–H and O–H groups in total. The van der Waals surface area contributed by atoms with Crippen LogP contribution in [0.15, 0.2) is 24.3 Å². The number of halogens is 1. The number of hydrogen-bond acceptors (Lipinski definition) is 4. The van der Waals surface area contributed by atoms with E-state index in [1.165, 1.54) is 18.4 Å². The van der Waals surface area contributed by atoms with Crippen LogP contribution in [-0.2, 0) is 17.6 Å². The van der Waals surface area contributed by atoms with Gasteiger partial charge in [0.15, 0.2) is 0 Å². The van der Waals surface area contributed by atoms with Crippen molar-refractivity contribution in [3.8, 4) is 0 Å². The van der Waals surface area contributed by atoms with Crippen LogP contribution in [0.2, 0.25) is 5.02 Å². The van der Waals surface area contributed by atoms with Crippen LogP contribution >= 0.6 is 22.9 Å². The summed E-state index contributed by atoms with van der Waals surface area (Å²) in [6, 6.07) is 6.46. The normalized spacial score (nSPS) is 13.1. The average Bonchev–Trinajstić information content (AvgIpc) is 2.91. The molecule has 1 aliphatic rings. The lowest BCUT2D eigenvalue weighted by atomic mass is 9.95. The van der Waals surface area contributed by atoms with Crippen molar-refractivity contribution in [1.29, 1.82) is 0 Å². The van der Waals surface area contributed by atoms with Crippen LogP contribution in [0.25, 0.3) is 0 Å². The molecule has 0 radical (unpaired) electrons. The number of benzene rings is 1. The lowest BCUT2D eigenvalue weighted by Gasteiger charge is -2.12. The van der Waals surface area contributed by atoms with Crippen LogP contribution in [-0.4, -0.2) is 19.1 Å². The first-order chi connectivity index (χ1) is 11.6. The van der Waals surface area contributed by atoms with Gasteiger partial charge in [0.05, 0.1) is 12.7 Å². The maximum absolute atomic E-state index is 12.3. The SMILES string of the molecule is COC(=O)c1c(NC(=O)Nc2cccc(Cl)c2)sc2c1CCCC2. The van der Waals surface area contributed by atoms with Crippen LogP contribution in [0.3, 0.4) is 0 Å². The highest BCUT2D eigenvalue weighted by molar-refractivity contribution is 7.17. The minimum atomic E-state index is -0.416. The highest BCUT2D eigenvalue weighted by atomic mass is 35.5. The molecule has 1 aromatic carbocycles. The Hall–Kier alpha value is -2.05. The van der Waals surface area contributed by atoms with Gasteiger partial charge in [0.1, 0.15) is 5.00 Å². The van der Waals surface area contributed by atoms with Gasteiger partial charge in [-0.2, -0.15) is 0 Å². The summed E-state index contributed by atoms with van der Waals surface area (Å²) in [6.45, 7) is 0.